The summed E-state index contributed by atoms with van der Waals surface area (Å²) in [5.74, 6) is -1.32. The van der Waals surface area contributed by atoms with Crippen molar-refractivity contribution in [1.29, 1.82) is 0 Å². The highest BCUT2D eigenvalue weighted by atomic mass is 16.5. The van der Waals surface area contributed by atoms with E-state index in [1.807, 2.05) is 0 Å². The topological polar surface area (TPSA) is 87.7 Å². The number of rotatable bonds is 6. The Morgan fingerprint density at radius 3 is 2.94 bits per heavy atom. The van der Waals surface area contributed by atoms with Crippen LogP contribution in [-0.4, -0.2) is 49.3 Å². The lowest BCUT2D eigenvalue weighted by Crippen LogP contribution is -2.44. The second kappa shape index (κ2) is 7.24. The van der Waals surface area contributed by atoms with Gasteiger partial charge in [-0.05, 0) is 6.42 Å². The van der Waals surface area contributed by atoms with E-state index in [1.165, 1.54) is 0 Å². The molecule has 2 atom stereocenters. The number of nitrogens with one attached hydrogen (secondary N) is 2. The van der Waals surface area contributed by atoms with Crippen molar-refractivity contribution in [1.82, 2.24) is 10.6 Å². The summed E-state index contributed by atoms with van der Waals surface area (Å²) in [6, 6.07) is 0.0700. The van der Waals surface area contributed by atoms with Gasteiger partial charge in [-0.25, -0.2) is 0 Å². The summed E-state index contributed by atoms with van der Waals surface area (Å²) in [5, 5.41) is 14.6. The number of carbonyl (C=O) groups is 2. The van der Waals surface area contributed by atoms with Crippen molar-refractivity contribution in [2.45, 2.75) is 25.8 Å². The van der Waals surface area contributed by atoms with Crippen molar-refractivity contribution in [2.24, 2.45) is 5.92 Å². The van der Waals surface area contributed by atoms with E-state index in [1.54, 1.807) is 6.92 Å². The summed E-state index contributed by atoms with van der Waals surface area (Å²) in [6.07, 6.45) is 0.830. The van der Waals surface area contributed by atoms with Gasteiger partial charge in [-0.3, -0.25) is 9.59 Å². The average molecular weight is 244 g/mol. The fourth-order valence-electron chi connectivity index (χ4n) is 1.60. The minimum absolute atomic E-state index is 0.0643. The van der Waals surface area contributed by atoms with Crippen LogP contribution in [0.15, 0.2) is 0 Å². The average Bonchev–Trinajstić information content (AvgIpc) is 2.30. The van der Waals surface area contributed by atoms with Gasteiger partial charge in [0.2, 0.25) is 5.91 Å². The van der Waals surface area contributed by atoms with E-state index in [0.717, 1.165) is 6.54 Å². The molecular formula is C11H20N2O4. The molecular weight excluding hydrogens is 224 g/mol. The van der Waals surface area contributed by atoms with E-state index >= 15 is 0 Å². The molecule has 98 valence electrons. The Kier molecular flexibility index (Phi) is 5.93. The molecule has 2 unspecified atom stereocenters. The van der Waals surface area contributed by atoms with Gasteiger partial charge in [-0.2, -0.15) is 0 Å². The molecule has 0 aromatic rings. The molecule has 17 heavy (non-hydrogen) atoms. The zero-order chi connectivity index (χ0) is 12.7. The first-order valence-corrected chi connectivity index (χ1v) is 5.90. The van der Waals surface area contributed by atoms with Crippen LogP contribution in [0.3, 0.4) is 0 Å². The minimum atomic E-state index is -0.832. The van der Waals surface area contributed by atoms with Gasteiger partial charge in [0, 0.05) is 25.6 Å². The van der Waals surface area contributed by atoms with Crippen LogP contribution in [0.5, 0.6) is 0 Å². The van der Waals surface area contributed by atoms with Gasteiger partial charge in [-0.1, -0.05) is 6.92 Å². The molecule has 1 rings (SSSR count). The highest BCUT2D eigenvalue weighted by molar-refractivity contribution is 5.76. The Balaban J connectivity index is 2.10. The van der Waals surface area contributed by atoms with E-state index in [9.17, 15) is 9.59 Å². The predicted molar refractivity (Wildman–Crippen MR) is 61.7 cm³/mol. The molecule has 1 amide bonds. The number of aliphatic carboxylic acids is 1. The lowest BCUT2D eigenvalue weighted by atomic mass is 10.1. The monoisotopic (exact) mass is 244 g/mol. The van der Waals surface area contributed by atoms with E-state index < -0.39 is 11.9 Å². The van der Waals surface area contributed by atoms with Gasteiger partial charge in [0.1, 0.15) is 0 Å². The highest BCUT2D eigenvalue weighted by Crippen LogP contribution is 2.01. The fraction of sp³-hybridized carbons (Fsp3) is 0.818. The molecule has 0 radical (unpaired) electrons. The van der Waals surface area contributed by atoms with Crippen molar-refractivity contribution in [3.05, 3.63) is 0 Å². The summed E-state index contributed by atoms with van der Waals surface area (Å²) < 4.78 is 5.24. The van der Waals surface area contributed by atoms with Gasteiger partial charge in [0.25, 0.3) is 0 Å². The van der Waals surface area contributed by atoms with Crippen LogP contribution in [0.4, 0.5) is 0 Å². The van der Waals surface area contributed by atoms with E-state index in [4.69, 9.17) is 9.84 Å². The number of carboxylic acid groups (broad SMARTS) is 1. The molecule has 0 aliphatic carbocycles. The number of amides is 1. The smallest absolute Gasteiger partial charge is 0.306 e. The van der Waals surface area contributed by atoms with Gasteiger partial charge < -0.3 is 20.5 Å². The molecule has 1 heterocycles. The number of hydrogen-bond acceptors (Lipinski definition) is 4. The zero-order valence-corrected chi connectivity index (χ0v) is 10.1. The number of ether oxygens (including phenoxy) is 1. The SMILES string of the molecule is CC(CCNC(=O)CC1COCCN1)C(=O)O. The molecule has 0 aromatic heterocycles. The van der Waals surface area contributed by atoms with E-state index in [2.05, 4.69) is 10.6 Å². The van der Waals surface area contributed by atoms with E-state index in [0.29, 0.717) is 32.6 Å². The largest absolute Gasteiger partial charge is 0.481 e. The molecule has 1 aliphatic rings. The molecule has 0 bridgehead atoms. The lowest BCUT2D eigenvalue weighted by molar-refractivity contribution is -0.141. The summed E-state index contributed by atoms with van der Waals surface area (Å²) in [6.45, 7) is 4.05. The second-order valence-electron chi connectivity index (χ2n) is 4.31. The van der Waals surface area contributed by atoms with Crippen molar-refractivity contribution >= 4 is 11.9 Å². The molecule has 3 N–H and O–H groups in total. The first kappa shape index (κ1) is 13.9. The quantitative estimate of drug-likeness (QED) is 0.591. The van der Waals surface area contributed by atoms with Crippen LogP contribution in [0.25, 0.3) is 0 Å². The molecule has 6 nitrogen and oxygen atoms in total. The summed E-state index contributed by atoms with van der Waals surface area (Å²) in [5.41, 5.74) is 0. The molecule has 6 heteroatoms. The van der Waals surface area contributed by atoms with E-state index in [-0.39, 0.29) is 11.9 Å². The first-order chi connectivity index (χ1) is 8.09. The maximum absolute atomic E-state index is 11.5. The highest BCUT2D eigenvalue weighted by Gasteiger charge is 2.17. The van der Waals surface area contributed by atoms with Crippen LogP contribution in [-0.2, 0) is 14.3 Å². The third-order valence-corrected chi connectivity index (χ3v) is 2.75. The van der Waals surface area contributed by atoms with Gasteiger partial charge in [-0.15, -0.1) is 0 Å². The standard InChI is InChI=1S/C11H20N2O4/c1-8(11(15)16)2-3-13-10(14)6-9-7-17-5-4-12-9/h8-9,12H,2-7H2,1H3,(H,13,14)(H,15,16). The fourth-order valence-corrected chi connectivity index (χ4v) is 1.60. The Hall–Kier alpha value is -1.14. The maximum atomic E-state index is 11.5. The molecule has 1 fully saturated rings. The number of carboxylic acids is 1. The van der Waals surface area contributed by atoms with Gasteiger partial charge >= 0.3 is 5.97 Å². The molecule has 1 aliphatic heterocycles. The van der Waals surface area contributed by atoms with Gasteiger partial charge in [0.05, 0.1) is 19.1 Å². The summed E-state index contributed by atoms with van der Waals surface area (Å²) in [4.78, 5) is 22.1. The Bertz CT molecular complexity index is 264. The van der Waals surface area contributed by atoms with Crippen LogP contribution in [0.1, 0.15) is 19.8 Å². The van der Waals surface area contributed by atoms with Crippen LogP contribution < -0.4 is 10.6 Å². The van der Waals surface area contributed by atoms with Crippen molar-refractivity contribution in [2.75, 3.05) is 26.3 Å². The van der Waals surface area contributed by atoms with Crippen molar-refractivity contribution in [3.63, 3.8) is 0 Å². The molecule has 1 saturated heterocycles. The minimum Gasteiger partial charge on any atom is -0.481 e. The normalized spacial score (nSPS) is 21.8. The van der Waals surface area contributed by atoms with Crippen molar-refractivity contribution < 1.29 is 19.4 Å². The molecule has 0 aromatic carbocycles. The molecule has 0 spiro atoms. The lowest BCUT2D eigenvalue weighted by Gasteiger charge is -2.23. The number of morpholine rings is 1. The Labute approximate surface area is 101 Å². The van der Waals surface area contributed by atoms with Crippen LogP contribution in [0, 0.1) is 5.92 Å². The predicted octanol–water partition coefficient (Wildman–Crippen LogP) is -0.408. The maximum Gasteiger partial charge on any atom is 0.306 e. The van der Waals surface area contributed by atoms with Crippen molar-refractivity contribution in [3.8, 4) is 0 Å². The number of carbonyl (C=O) groups excluding carboxylic acids is 1. The molecule has 0 saturated carbocycles. The first-order valence-electron chi connectivity index (χ1n) is 5.90. The zero-order valence-electron chi connectivity index (χ0n) is 10.1. The van der Waals surface area contributed by atoms with Crippen LogP contribution in [0.2, 0.25) is 0 Å². The Morgan fingerprint density at radius 1 is 1.59 bits per heavy atom. The third kappa shape index (κ3) is 5.65. The Morgan fingerprint density at radius 2 is 2.35 bits per heavy atom. The van der Waals surface area contributed by atoms with Crippen LogP contribution >= 0.6 is 0 Å². The summed E-state index contributed by atoms with van der Waals surface area (Å²) >= 11 is 0. The number of hydrogen-bond donors (Lipinski definition) is 3. The third-order valence-electron chi connectivity index (χ3n) is 2.75. The van der Waals surface area contributed by atoms with Gasteiger partial charge in [0.15, 0.2) is 0 Å². The second-order valence-corrected chi connectivity index (χ2v) is 4.31. The summed E-state index contributed by atoms with van der Waals surface area (Å²) in [7, 11) is 0.